The molecule has 0 spiro atoms. The van der Waals surface area contributed by atoms with E-state index in [1.54, 1.807) is 6.07 Å². The van der Waals surface area contributed by atoms with Crippen molar-refractivity contribution in [3.8, 4) is 0 Å². The summed E-state index contributed by atoms with van der Waals surface area (Å²) in [5, 5.41) is 20.9. The normalized spacial score (nSPS) is 22.6. The number of nitro groups is 1. The highest BCUT2D eigenvalue weighted by Gasteiger charge is 2.31. The zero-order valence-electron chi connectivity index (χ0n) is 11.0. The monoisotopic (exact) mass is 342 g/mol. The van der Waals surface area contributed by atoms with Crippen molar-refractivity contribution in [1.82, 2.24) is 4.90 Å². The van der Waals surface area contributed by atoms with E-state index >= 15 is 0 Å². The van der Waals surface area contributed by atoms with Gasteiger partial charge in [-0.05, 0) is 24.5 Å². The molecule has 1 amide bonds. The fraction of sp³-hybridized carbons (Fsp3) is 0.462. The Kier molecular flexibility index (Phi) is 4.39. The minimum absolute atomic E-state index is 0.0555. The molecule has 0 radical (unpaired) electrons. The van der Waals surface area contributed by atoms with Crippen LogP contribution in [0.4, 0.5) is 5.69 Å². The lowest BCUT2D eigenvalue weighted by molar-refractivity contribution is -0.385. The molecule has 0 bridgehead atoms. The highest BCUT2D eigenvalue weighted by atomic mass is 79.9. The molecule has 1 heterocycles. The Morgan fingerprint density at radius 1 is 1.55 bits per heavy atom. The number of piperidine rings is 1. The molecule has 1 N–H and O–H groups in total. The summed E-state index contributed by atoms with van der Waals surface area (Å²) in [7, 11) is 0. The van der Waals surface area contributed by atoms with Crippen molar-refractivity contribution in [2.24, 2.45) is 5.92 Å². The standard InChI is InChI=1S/C13H15BrN2O4/c1-8-4-5-15(7-12(8)17)13(18)10-3-2-9(14)6-11(10)16(19)20/h2-3,6,8,12,17H,4-5,7H2,1H3. The van der Waals surface area contributed by atoms with Crippen LogP contribution < -0.4 is 0 Å². The average molecular weight is 343 g/mol. The molecule has 6 nitrogen and oxygen atoms in total. The predicted octanol–water partition coefficient (Wildman–Crippen LogP) is 2.20. The first-order chi connectivity index (χ1) is 9.40. The third kappa shape index (κ3) is 2.99. The van der Waals surface area contributed by atoms with Crippen LogP contribution in [0.2, 0.25) is 0 Å². The van der Waals surface area contributed by atoms with Gasteiger partial charge in [0.1, 0.15) is 5.56 Å². The zero-order valence-corrected chi connectivity index (χ0v) is 12.5. The number of aliphatic hydroxyl groups excluding tert-OH is 1. The summed E-state index contributed by atoms with van der Waals surface area (Å²) in [6, 6.07) is 4.36. The molecule has 0 aromatic heterocycles. The number of carbonyl (C=O) groups is 1. The first kappa shape index (κ1) is 14.9. The molecular formula is C13H15BrN2O4. The van der Waals surface area contributed by atoms with Crippen molar-refractivity contribution in [2.45, 2.75) is 19.4 Å². The van der Waals surface area contributed by atoms with Crippen LogP contribution >= 0.6 is 15.9 Å². The molecule has 0 saturated carbocycles. The van der Waals surface area contributed by atoms with Gasteiger partial charge in [0.15, 0.2) is 0 Å². The van der Waals surface area contributed by atoms with Crippen LogP contribution in [-0.2, 0) is 0 Å². The Bertz CT molecular complexity index is 549. The lowest BCUT2D eigenvalue weighted by Crippen LogP contribution is -2.45. The Morgan fingerprint density at radius 2 is 2.25 bits per heavy atom. The van der Waals surface area contributed by atoms with Gasteiger partial charge < -0.3 is 10.0 Å². The maximum Gasteiger partial charge on any atom is 0.283 e. The second-order valence-corrected chi connectivity index (χ2v) is 5.92. The summed E-state index contributed by atoms with van der Waals surface area (Å²) >= 11 is 3.16. The van der Waals surface area contributed by atoms with Gasteiger partial charge in [0.25, 0.3) is 11.6 Å². The summed E-state index contributed by atoms with van der Waals surface area (Å²) in [5.74, 6) is -0.269. The fourth-order valence-electron chi connectivity index (χ4n) is 2.24. The van der Waals surface area contributed by atoms with E-state index in [0.29, 0.717) is 17.4 Å². The number of likely N-dealkylation sites (tertiary alicyclic amines) is 1. The summed E-state index contributed by atoms with van der Waals surface area (Å²) in [4.78, 5) is 24.3. The van der Waals surface area contributed by atoms with Gasteiger partial charge in [0.2, 0.25) is 0 Å². The fourth-order valence-corrected chi connectivity index (χ4v) is 2.59. The van der Waals surface area contributed by atoms with Crippen LogP contribution in [0.3, 0.4) is 0 Å². The summed E-state index contributed by atoms with van der Waals surface area (Å²) in [6.07, 6.45) is 0.110. The maximum absolute atomic E-state index is 12.4. The Balaban J connectivity index is 2.27. The molecule has 2 unspecified atom stereocenters. The smallest absolute Gasteiger partial charge is 0.283 e. The van der Waals surface area contributed by atoms with Crippen LogP contribution in [0.25, 0.3) is 0 Å². The van der Waals surface area contributed by atoms with E-state index in [1.807, 2.05) is 6.92 Å². The first-order valence-electron chi connectivity index (χ1n) is 6.31. The topological polar surface area (TPSA) is 83.7 Å². The summed E-state index contributed by atoms with van der Waals surface area (Å²) < 4.78 is 0.549. The molecule has 1 aliphatic heterocycles. The number of hydrogen-bond donors (Lipinski definition) is 1. The van der Waals surface area contributed by atoms with Gasteiger partial charge in [0, 0.05) is 23.6 Å². The van der Waals surface area contributed by atoms with Crippen molar-refractivity contribution in [3.05, 3.63) is 38.3 Å². The van der Waals surface area contributed by atoms with Gasteiger partial charge in [-0.2, -0.15) is 0 Å². The van der Waals surface area contributed by atoms with E-state index in [2.05, 4.69) is 15.9 Å². The third-order valence-electron chi connectivity index (χ3n) is 3.59. The molecule has 7 heteroatoms. The number of rotatable bonds is 2. The third-order valence-corrected chi connectivity index (χ3v) is 4.09. The predicted molar refractivity (Wildman–Crippen MR) is 76.5 cm³/mol. The lowest BCUT2D eigenvalue weighted by Gasteiger charge is -2.34. The van der Waals surface area contributed by atoms with Crippen molar-refractivity contribution < 1.29 is 14.8 Å². The van der Waals surface area contributed by atoms with Gasteiger partial charge in [0.05, 0.1) is 11.0 Å². The van der Waals surface area contributed by atoms with Gasteiger partial charge >= 0.3 is 0 Å². The second-order valence-electron chi connectivity index (χ2n) is 5.00. The number of halogens is 1. The molecule has 2 rings (SSSR count). The van der Waals surface area contributed by atoms with E-state index in [4.69, 9.17) is 0 Å². The largest absolute Gasteiger partial charge is 0.391 e. The minimum Gasteiger partial charge on any atom is -0.391 e. The number of β-amino-alcohol motifs (C(OH)–C–C–N with tert-alkyl or cyclic N) is 1. The summed E-state index contributed by atoms with van der Waals surface area (Å²) in [5.41, 5.74) is -0.169. The van der Waals surface area contributed by atoms with Crippen LogP contribution in [0.15, 0.2) is 22.7 Å². The van der Waals surface area contributed by atoms with Gasteiger partial charge in [-0.3, -0.25) is 14.9 Å². The molecule has 2 atom stereocenters. The Labute approximate surface area is 124 Å². The number of hydrogen-bond acceptors (Lipinski definition) is 4. The van der Waals surface area contributed by atoms with E-state index in [0.717, 1.165) is 0 Å². The molecule has 1 fully saturated rings. The second kappa shape index (κ2) is 5.88. The number of amides is 1. The van der Waals surface area contributed by atoms with Crippen LogP contribution in [0, 0.1) is 16.0 Å². The minimum atomic E-state index is -0.581. The number of aliphatic hydroxyl groups is 1. The van der Waals surface area contributed by atoms with Crippen molar-refractivity contribution in [1.29, 1.82) is 0 Å². The number of nitro benzene ring substituents is 1. The van der Waals surface area contributed by atoms with Crippen molar-refractivity contribution in [2.75, 3.05) is 13.1 Å². The Morgan fingerprint density at radius 3 is 2.85 bits per heavy atom. The lowest BCUT2D eigenvalue weighted by atomic mass is 9.95. The SMILES string of the molecule is CC1CCN(C(=O)c2ccc(Br)cc2[N+](=O)[O-])CC1O. The van der Waals surface area contributed by atoms with Crippen LogP contribution in [-0.4, -0.2) is 40.0 Å². The highest BCUT2D eigenvalue weighted by Crippen LogP contribution is 2.26. The first-order valence-corrected chi connectivity index (χ1v) is 7.10. The van der Waals surface area contributed by atoms with E-state index in [9.17, 15) is 20.0 Å². The molecular weight excluding hydrogens is 328 g/mol. The van der Waals surface area contributed by atoms with Gasteiger partial charge in [-0.15, -0.1) is 0 Å². The van der Waals surface area contributed by atoms with Crippen molar-refractivity contribution >= 4 is 27.5 Å². The van der Waals surface area contributed by atoms with Crippen molar-refractivity contribution in [3.63, 3.8) is 0 Å². The molecule has 20 heavy (non-hydrogen) atoms. The number of benzene rings is 1. The Hall–Kier alpha value is -1.47. The summed E-state index contributed by atoms with van der Waals surface area (Å²) in [6.45, 7) is 2.64. The van der Waals surface area contributed by atoms with Gasteiger partial charge in [-0.25, -0.2) is 0 Å². The van der Waals surface area contributed by atoms with Gasteiger partial charge in [-0.1, -0.05) is 22.9 Å². The van der Waals surface area contributed by atoms with E-state index in [1.165, 1.54) is 17.0 Å². The van der Waals surface area contributed by atoms with Crippen LogP contribution in [0.5, 0.6) is 0 Å². The highest BCUT2D eigenvalue weighted by molar-refractivity contribution is 9.10. The molecule has 1 aromatic carbocycles. The molecule has 1 aromatic rings. The quantitative estimate of drug-likeness (QED) is 0.659. The molecule has 108 valence electrons. The molecule has 1 saturated heterocycles. The van der Waals surface area contributed by atoms with Crippen LogP contribution in [0.1, 0.15) is 23.7 Å². The zero-order chi connectivity index (χ0) is 14.9. The maximum atomic E-state index is 12.4. The average Bonchev–Trinajstić information content (AvgIpc) is 2.41. The van der Waals surface area contributed by atoms with E-state index in [-0.39, 0.29) is 23.7 Å². The molecule has 0 aliphatic carbocycles. The number of nitrogens with zero attached hydrogens (tertiary/aromatic N) is 2. The molecule has 1 aliphatic rings. The van der Waals surface area contributed by atoms with E-state index < -0.39 is 16.9 Å². The number of carbonyl (C=O) groups excluding carboxylic acids is 1.